The Morgan fingerprint density at radius 1 is 0.797 bits per heavy atom. The Morgan fingerprint density at radius 2 is 1.54 bits per heavy atom. The number of imide groups is 2. The Balaban J connectivity index is 0.672. The van der Waals surface area contributed by atoms with Crippen molar-refractivity contribution in [3.05, 3.63) is 0 Å². The van der Waals surface area contributed by atoms with Crippen LogP contribution in [0.3, 0.4) is 0 Å². The van der Waals surface area contributed by atoms with E-state index >= 15 is 0 Å². The lowest BCUT2D eigenvalue weighted by Crippen LogP contribution is -2.55. The summed E-state index contributed by atoms with van der Waals surface area (Å²) >= 11 is 1.69. The van der Waals surface area contributed by atoms with E-state index in [1.54, 1.807) is 11.8 Å². The van der Waals surface area contributed by atoms with E-state index in [2.05, 4.69) is 37.2 Å². The molecule has 7 rings (SSSR count). The predicted octanol–water partition coefficient (Wildman–Crippen LogP) is 1.81. The maximum atomic E-state index is 13.4. The minimum atomic E-state index is -3.34. The van der Waals surface area contributed by atoms with E-state index < -0.39 is 33.8 Å². The Labute approximate surface area is 412 Å². The topological polar surface area (TPSA) is 254 Å². The number of rotatable bonds is 24. The molecule has 5 heterocycles. The molecule has 0 bridgehead atoms. The summed E-state index contributed by atoms with van der Waals surface area (Å²) in [4.78, 5) is 89.7. The largest absolute Gasteiger partial charge is 0.362 e. The highest BCUT2D eigenvalue weighted by Gasteiger charge is 2.55. The lowest BCUT2D eigenvalue weighted by Gasteiger charge is -2.40. The fourth-order valence-electron chi connectivity index (χ4n) is 12.1. The lowest BCUT2D eigenvalue weighted by molar-refractivity contribution is -0.151. The van der Waals surface area contributed by atoms with Gasteiger partial charge in [-0.3, -0.25) is 54.4 Å². The maximum Gasteiger partial charge on any atom is 0.249 e. The van der Waals surface area contributed by atoms with Gasteiger partial charge in [0.25, 0.3) is 0 Å². The molecular weight excluding hydrogens is 927 g/mol. The summed E-state index contributed by atoms with van der Waals surface area (Å²) in [5.41, 5.74) is -0.210. The van der Waals surface area contributed by atoms with Crippen LogP contribution in [-0.2, 0) is 48.3 Å². The summed E-state index contributed by atoms with van der Waals surface area (Å²) in [5, 5.41) is 21.7. The molecule has 7 N–H and O–H groups in total. The second-order valence-corrected chi connectivity index (χ2v) is 23.8. The van der Waals surface area contributed by atoms with Gasteiger partial charge in [0.15, 0.2) is 0 Å². The SMILES string of the molecule is CS(=O)(=O)N1CCC(C(=O)NCC(=O)NC2NC(C3CCCC(C4CCNC(OCCNC(=O)CCCCCCCCCCNC5CCCC6C(=O)N(C7CCC(=O)NC7=O)C(=O)C56)C4)C3)CS2)C1. The highest BCUT2D eigenvalue weighted by atomic mass is 32.2. The number of nitrogens with zero attached hydrogens (tertiary/aromatic N) is 2. The van der Waals surface area contributed by atoms with Crippen LogP contribution in [0.15, 0.2) is 0 Å². The standard InChI is InChI=1S/C48H79N9O10S2/c1-69(65,66)56-24-20-34(29-56)44(61)52-28-41(60)55-48-53-37(30-68-48)33-13-10-12-31(26-33)32-19-22-51-42(27-32)67-25-23-50-39(58)16-8-6-4-2-3-5-7-9-21-49-36-15-11-14-35-43(36)47(64)57(46(35)63)38-17-18-40(59)54-45(38)62/h31-38,42-43,48-49,51,53H,2-30H2,1H3,(H,50,58)(H,52,61)(H,55,60)(H,54,59,62). The van der Waals surface area contributed by atoms with Crippen molar-refractivity contribution in [1.82, 2.24) is 46.4 Å². The van der Waals surface area contributed by atoms with E-state index in [0.29, 0.717) is 62.8 Å². The number of nitrogens with one attached hydrogen (secondary N) is 7. The lowest BCUT2D eigenvalue weighted by atomic mass is 9.70. The van der Waals surface area contributed by atoms with Gasteiger partial charge in [-0.25, -0.2) is 12.7 Å². The highest BCUT2D eigenvalue weighted by Crippen LogP contribution is 2.42. The molecule has 0 aromatic carbocycles. The molecule has 19 nitrogen and oxygen atoms in total. The molecule has 7 amide bonds. The van der Waals surface area contributed by atoms with Gasteiger partial charge in [-0.15, -0.1) is 11.8 Å². The first-order valence-corrected chi connectivity index (χ1v) is 29.1. The minimum Gasteiger partial charge on any atom is -0.362 e. The fourth-order valence-corrected chi connectivity index (χ4v) is 14.2. The van der Waals surface area contributed by atoms with E-state index in [1.807, 2.05) is 0 Å². The summed E-state index contributed by atoms with van der Waals surface area (Å²) in [5.74, 6) is -0.541. The smallest absolute Gasteiger partial charge is 0.249 e. The Bertz CT molecular complexity index is 1930. The normalized spacial score (nSPS) is 32.2. The molecule has 7 aliphatic rings. The number of hydrogen-bond donors (Lipinski definition) is 7. The molecule has 2 saturated carbocycles. The van der Waals surface area contributed by atoms with Crippen LogP contribution < -0.4 is 37.2 Å². The van der Waals surface area contributed by atoms with Crippen molar-refractivity contribution in [2.45, 2.75) is 165 Å². The summed E-state index contributed by atoms with van der Waals surface area (Å²) < 4.78 is 31.1. The number of hydrogen-bond acceptors (Lipinski definition) is 14. The number of piperidine rings is 2. The number of sulfonamides is 1. The van der Waals surface area contributed by atoms with Crippen molar-refractivity contribution in [1.29, 1.82) is 0 Å². The zero-order valence-electron chi connectivity index (χ0n) is 40.7. The predicted molar refractivity (Wildman–Crippen MR) is 260 cm³/mol. The summed E-state index contributed by atoms with van der Waals surface area (Å²) in [6.07, 6.45) is 20.1. The summed E-state index contributed by atoms with van der Waals surface area (Å²) in [6, 6.07) is -0.648. The van der Waals surface area contributed by atoms with E-state index in [1.165, 1.54) is 23.6 Å². The van der Waals surface area contributed by atoms with Gasteiger partial charge in [-0.2, -0.15) is 0 Å². The molecule has 0 spiro atoms. The second kappa shape index (κ2) is 26.0. The van der Waals surface area contributed by atoms with Crippen LogP contribution in [0, 0.1) is 35.5 Å². The first-order chi connectivity index (χ1) is 33.2. The van der Waals surface area contributed by atoms with Crippen LogP contribution >= 0.6 is 11.8 Å². The first-order valence-electron chi connectivity index (χ1n) is 26.2. The van der Waals surface area contributed by atoms with Crippen LogP contribution in [-0.4, -0.2) is 147 Å². The average Bonchev–Trinajstić information content (AvgIpc) is 4.09. The molecule has 69 heavy (non-hydrogen) atoms. The van der Waals surface area contributed by atoms with Crippen molar-refractivity contribution >= 4 is 63.1 Å². The zero-order valence-corrected chi connectivity index (χ0v) is 42.3. The van der Waals surface area contributed by atoms with Crippen molar-refractivity contribution in [3.63, 3.8) is 0 Å². The van der Waals surface area contributed by atoms with Gasteiger partial charge in [0.05, 0.1) is 37.2 Å². The monoisotopic (exact) mass is 1010 g/mol. The molecule has 0 aromatic rings. The number of ether oxygens (including phenoxy) is 1. The van der Waals surface area contributed by atoms with Crippen LogP contribution in [0.5, 0.6) is 0 Å². The number of amides is 7. The van der Waals surface area contributed by atoms with E-state index in [4.69, 9.17) is 4.74 Å². The summed E-state index contributed by atoms with van der Waals surface area (Å²) in [7, 11) is -3.34. The van der Waals surface area contributed by atoms with Crippen molar-refractivity contribution in [2.75, 3.05) is 57.9 Å². The fraction of sp³-hybridized carbons (Fsp3) is 0.854. The van der Waals surface area contributed by atoms with Crippen LogP contribution in [0.1, 0.15) is 135 Å². The number of unbranched alkanes of at least 4 members (excludes halogenated alkanes) is 7. The molecule has 11 atom stereocenters. The molecule has 0 radical (unpaired) electrons. The number of carbonyl (C=O) groups is 7. The molecule has 5 saturated heterocycles. The Kier molecular flexibility index (Phi) is 20.2. The van der Waals surface area contributed by atoms with Gasteiger partial charge in [0, 0.05) is 50.3 Å². The van der Waals surface area contributed by atoms with Crippen LogP contribution in [0.4, 0.5) is 0 Å². The third-order valence-electron chi connectivity index (χ3n) is 15.9. The Hall–Kier alpha value is -3.21. The van der Waals surface area contributed by atoms with E-state index in [-0.39, 0.29) is 85.1 Å². The number of fused-ring (bicyclic) bond motifs is 1. The van der Waals surface area contributed by atoms with Gasteiger partial charge in [-0.1, -0.05) is 57.8 Å². The molecule has 388 valence electrons. The number of carbonyl (C=O) groups excluding carboxylic acids is 7. The van der Waals surface area contributed by atoms with Crippen molar-refractivity contribution in [3.8, 4) is 0 Å². The Morgan fingerprint density at radius 3 is 2.30 bits per heavy atom. The second-order valence-electron chi connectivity index (χ2n) is 20.7. The third kappa shape index (κ3) is 15.2. The minimum absolute atomic E-state index is 0.0148. The first kappa shape index (κ1) is 53.6. The summed E-state index contributed by atoms with van der Waals surface area (Å²) in [6.45, 7) is 3.01. The third-order valence-corrected chi connectivity index (χ3v) is 18.3. The van der Waals surface area contributed by atoms with Gasteiger partial charge >= 0.3 is 0 Å². The van der Waals surface area contributed by atoms with Gasteiger partial charge in [0.1, 0.15) is 17.8 Å². The highest BCUT2D eigenvalue weighted by molar-refractivity contribution is 8.00. The zero-order chi connectivity index (χ0) is 48.9. The van der Waals surface area contributed by atoms with Gasteiger partial charge in [-0.05, 0) is 95.1 Å². The molecule has 2 aliphatic carbocycles. The quantitative estimate of drug-likeness (QED) is 0.0539. The van der Waals surface area contributed by atoms with Crippen LogP contribution in [0.2, 0.25) is 0 Å². The molecule has 7 fully saturated rings. The molecule has 5 aliphatic heterocycles. The number of thioether (sulfide) groups is 1. The van der Waals surface area contributed by atoms with Crippen LogP contribution in [0.25, 0.3) is 0 Å². The maximum absolute atomic E-state index is 13.4. The number of likely N-dealkylation sites (tertiary alicyclic amines) is 1. The average molecular weight is 1010 g/mol. The molecule has 0 aromatic heterocycles. The van der Waals surface area contributed by atoms with E-state index in [9.17, 15) is 42.0 Å². The van der Waals surface area contributed by atoms with Crippen molar-refractivity contribution in [2.24, 2.45) is 35.5 Å². The van der Waals surface area contributed by atoms with E-state index in [0.717, 1.165) is 113 Å². The molecule has 11 unspecified atom stereocenters. The van der Waals surface area contributed by atoms with Gasteiger partial charge in [0.2, 0.25) is 51.4 Å². The molecular formula is C48H79N9O10S2. The van der Waals surface area contributed by atoms with Crippen molar-refractivity contribution < 1.29 is 46.7 Å². The van der Waals surface area contributed by atoms with Gasteiger partial charge < -0.3 is 26.0 Å². The molecule has 21 heteroatoms.